The van der Waals surface area contributed by atoms with Crippen LogP contribution in [0.3, 0.4) is 0 Å². The van der Waals surface area contributed by atoms with Gasteiger partial charge in [0, 0.05) is 13.0 Å². The second-order valence-corrected chi connectivity index (χ2v) is 7.49. The molecule has 2 rings (SSSR count). The van der Waals surface area contributed by atoms with Crippen molar-refractivity contribution in [2.24, 2.45) is 5.92 Å². The van der Waals surface area contributed by atoms with Crippen LogP contribution in [-0.2, 0) is 14.1 Å². The van der Waals surface area contributed by atoms with E-state index in [0.717, 1.165) is 25.4 Å². The fraction of sp³-hybridized carbons (Fsp3) is 0.636. The van der Waals surface area contributed by atoms with Crippen molar-refractivity contribution in [3.63, 3.8) is 0 Å². The van der Waals surface area contributed by atoms with Crippen LogP contribution < -0.4 is 0 Å². The molecule has 0 aliphatic carbocycles. The standard InChI is InChI=1S/C11H17O3P/c1-3-10-9(7-11(12)14-10)8-15(2)6-4-5-13-15/h3,9-10H,1-2,4-8H2. The Morgan fingerprint density at radius 2 is 2.40 bits per heavy atom. The third-order valence-electron chi connectivity index (χ3n) is 3.04. The van der Waals surface area contributed by atoms with E-state index in [1.165, 1.54) is 0 Å². The summed E-state index contributed by atoms with van der Waals surface area (Å²) in [6.07, 6.45) is 9.40. The van der Waals surface area contributed by atoms with Crippen molar-refractivity contribution in [2.45, 2.75) is 18.9 Å². The molecule has 0 aromatic heterocycles. The van der Waals surface area contributed by atoms with E-state index in [4.69, 9.17) is 9.26 Å². The van der Waals surface area contributed by atoms with Crippen LogP contribution in [0.15, 0.2) is 12.7 Å². The minimum absolute atomic E-state index is 0.115. The van der Waals surface area contributed by atoms with Crippen LogP contribution in [-0.4, -0.2) is 37.3 Å². The molecule has 3 nitrogen and oxygen atoms in total. The highest BCUT2D eigenvalue weighted by Crippen LogP contribution is 2.54. The molecule has 0 amide bonds. The summed E-state index contributed by atoms with van der Waals surface area (Å²) in [6.45, 7) is 4.53. The molecule has 2 saturated heterocycles. The number of carbonyl (C=O) groups is 1. The van der Waals surface area contributed by atoms with Crippen LogP contribution in [0.25, 0.3) is 0 Å². The number of cyclic esters (lactones) is 1. The van der Waals surface area contributed by atoms with Crippen LogP contribution in [0.5, 0.6) is 0 Å². The van der Waals surface area contributed by atoms with E-state index in [0.29, 0.717) is 6.42 Å². The monoisotopic (exact) mass is 228 g/mol. The summed E-state index contributed by atoms with van der Waals surface area (Å²) >= 11 is 0. The molecule has 3 unspecified atom stereocenters. The van der Waals surface area contributed by atoms with Crippen LogP contribution in [0.1, 0.15) is 12.8 Å². The fourth-order valence-electron chi connectivity index (χ4n) is 2.28. The number of ether oxygens (including phenoxy) is 1. The summed E-state index contributed by atoms with van der Waals surface area (Å²) in [4.78, 5) is 11.2. The SMILES string of the molecule is C=CC1OC(=O)CC1CP1(=C)CCCO1. The van der Waals surface area contributed by atoms with E-state index >= 15 is 0 Å². The van der Waals surface area contributed by atoms with Gasteiger partial charge in [-0.15, -0.1) is 0 Å². The lowest BCUT2D eigenvalue weighted by atomic mass is 10.0. The lowest BCUT2D eigenvalue weighted by Gasteiger charge is -2.22. The third kappa shape index (κ3) is 2.35. The summed E-state index contributed by atoms with van der Waals surface area (Å²) in [5.74, 6) is 0.120. The maximum Gasteiger partial charge on any atom is 0.306 e. The van der Waals surface area contributed by atoms with E-state index in [1.807, 2.05) is 0 Å². The van der Waals surface area contributed by atoms with Crippen molar-refractivity contribution in [2.75, 3.05) is 18.9 Å². The normalized spacial score (nSPS) is 40.4. The molecule has 4 heteroatoms. The number of hydrogen-bond acceptors (Lipinski definition) is 3. The molecular formula is C11H17O3P. The molecule has 0 radical (unpaired) electrons. The predicted octanol–water partition coefficient (Wildman–Crippen LogP) is 1.89. The molecule has 15 heavy (non-hydrogen) atoms. The van der Waals surface area contributed by atoms with E-state index < -0.39 is 7.11 Å². The van der Waals surface area contributed by atoms with Gasteiger partial charge in [-0.25, -0.2) is 0 Å². The molecule has 2 aliphatic rings. The highest BCUT2D eigenvalue weighted by molar-refractivity contribution is 7.69. The number of carbonyl (C=O) groups excluding carboxylic acids is 1. The smallest absolute Gasteiger partial charge is 0.306 e. The molecule has 2 aliphatic heterocycles. The van der Waals surface area contributed by atoms with Crippen LogP contribution >= 0.6 is 7.11 Å². The average Bonchev–Trinajstić information content (AvgIpc) is 2.73. The van der Waals surface area contributed by atoms with Crippen LogP contribution in [0.2, 0.25) is 0 Å². The second kappa shape index (κ2) is 4.15. The van der Waals surface area contributed by atoms with Gasteiger partial charge in [0.05, 0.1) is 13.0 Å². The van der Waals surface area contributed by atoms with Gasteiger partial charge in [-0.05, 0) is 18.7 Å². The van der Waals surface area contributed by atoms with Crippen molar-refractivity contribution in [3.8, 4) is 0 Å². The lowest BCUT2D eigenvalue weighted by Crippen LogP contribution is -2.17. The maximum atomic E-state index is 11.2. The summed E-state index contributed by atoms with van der Waals surface area (Å²) in [5.41, 5.74) is 0. The molecule has 3 atom stereocenters. The Kier molecular flexibility index (Phi) is 3.03. The molecule has 0 aromatic rings. The quantitative estimate of drug-likeness (QED) is 0.420. The summed E-state index contributed by atoms with van der Waals surface area (Å²) < 4.78 is 10.9. The minimum Gasteiger partial charge on any atom is -0.458 e. The van der Waals surface area contributed by atoms with Gasteiger partial charge in [0.2, 0.25) is 0 Å². The van der Waals surface area contributed by atoms with Crippen molar-refractivity contribution < 1.29 is 14.1 Å². The topological polar surface area (TPSA) is 35.5 Å². The zero-order valence-electron chi connectivity index (χ0n) is 8.85. The summed E-state index contributed by atoms with van der Waals surface area (Å²) in [5, 5.41) is 0. The van der Waals surface area contributed by atoms with Crippen molar-refractivity contribution >= 4 is 19.4 Å². The Morgan fingerprint density at radius 1 is 1.60 bits per heavy atom. The van der Waals surface area contributed by atoms with E-state index in [1.54, 1.807) is 6.08 Å². The Morgan fingerprint density at radius 3 is 3.00 bits per heavy atom. The maximum absolute atomic E-state index is 11.2. The zero-order valence-corrected chi connectivity index (χ0v) is 9.75. The van der Waals surface area contributed by atoms with Gasteiger partial charge in [0.1, 0.15) is 6.10 Å². The first-order valence-electron chi connectivity index (χ1n) is 5.31. The van der Waals surface area contributed by atoms with E-state index in [-0.39, 0.29) is 18.0 Å². The third-order valence-corrected chi connectivity index (χ3v) is 6.03. The minimum atomic E-state index is -1.48. The van der Waals surface area contributed by atoms with Crippen molar-refractivity contribution in [1.29, 1.82) is 0 Å². The van der Waals surface area contributed by atoms with Crippen LogP contribution in [0.4, 0.5) is 0 Å². The van der Waals surface area contributed by atoms with Gasteiger partial charge in [0.15, 0.2) is 0 Å². The Hall–Kier alpha value is -0.530. The fourth-order valence-corrected chi connectivity index (χ4v) is 5.11. The number of hydrogen-bond donors (Lipinski definition) is 0. The molecule has 0 spiro atoms. The summed E-state index contributed by atoms with van der Waals surface area (Å²) in [7, 11) is -1.48. The molecule has 0 aromatic carbocycles. The molecule has 0 bridgehead atoms. The first kappa shape index (κ1) is 11.0. The average molecular weight is 228 g/mol. The second-order valence-electron chi connectivity index (χ2n) is 4.31. The number of esters is 1. The largest absolute Gasteiger partial charge is 0.458 e. The molecule has 2 fully saturated rings. The summed E-state index contributed by atoms with van der Waals surface area (Å²) in [6, 6.07) is 0. The molecular weight excluding hydrogens is 211 g/mol. The Balaban J connectivity index is 2.01. The van der Waals surface area contributed by atoms with Gasteiger partial charge in [-0.1, -0.05) is 19.0 Å². The molecule has 84 valence electrons. The lowest BCUT2D eigenvalue weighted by molar-refractivity contribution is -0.140. The van der Waals surface area contributed by atoms with Gasteiger partial charge in [-0.3, -0.25) is 4.79 Å². The first-order valence-corrected chi connectivity index (χ1v) is 7.57. The number of rotatable bonds is 3. The molecule has 0 N–H and O–H groups in total. The van der Waals surface area contributed by atoms with E-state index in [9.17, 15) is 4.79 Å². The predicted molar refractivity (Wildman–Crippen MR) is 62.5 cm³/mol. The van der Waals surface area contributed by atoms with Gasteiger partial charge < -0.3 is 9.26 Å². The first-order chi connectivity index (χ1) is 7.13. The van der Waals surface area contributed by atoms with Gasteiger partial charge >= 0.3 is 5.97 Å². The highest BCUT2D eigenvalue weighted by Gasteiger charge is 2.36. The highest BCUT2D eigenvalue weighted by atomic mass is 31.2. The van der Waals surface area contributed by atoms with Crippen molar-refractivity contribution in [1.82, 2.24) is 0 Å². The van der Waals surface area contributed by atoms with E-state index in [2.05, 4.69) is 12.9 Å². The molecule has 2 heterocycles. The zero-order chi connectivity index (χ0) is 10.9. The Bertz CT molecular complexity index is 314. The van der Waals surface area contributed by atoms with Crippen molar-refractivity contribution in [3.05, 3.63) is 12.7 Å². The Labute approximate surface area is 90.5 Å². The van der Waals surface area contributed by atoms with Gasteiger partial charge in [0.25, 0.3) is 0 Å². The van der Waals surface area contributed by atoms with Crippen LogP contribution in [0, 0.1) is 5.92 Å². The molecule has 0 saturated carbocycles. The van der Waals surface area contributed by atoms with Gasteiger partial charge in [-0.2, -0.15) is 0 Å².